The first kappa shape index (κ1) is 18.6. The minimum absolute atomic E-state index is 0.174. The van der Waals surface area contributed by atoms with Gasteiger partial charge in [0.1, 0.15) is 5.82 Å². The van der Waals surface area contributed by atoms with E-state index >= 15 is 0 Å². The lowest BCUT2D eigenvalue weighted by Gasteiger charge is -2.15. The Morgan fingerprint density at radius 1 is 0.958 bits per heavy atom. The smallest absolute Gasteiger partial charge is 0.216 e. The van der Waals surface area contributed by atoms with Crippen LogP contribution >= 0.6 is 0 Å². The molecule has 8 heteroatoms. The number of nitrogens with one attached hydrogen (secondary N) is 1. The van der Waals surface area contributed by atoms with Gasteiger partial charge in [-0.15, -0.1) is 0 Å². The Kier molecular flexibility index (Phi) is 5.42. The lowest BCUT2D eigenvalue weighted by molar-refractivity contribution is 0.565. The maximum absolute atomic E-state index is 12.9. The van der Waals surface area contributed by atoms with Gasteiger partial charge in [0.25, 0.3) is 0 Å². The van der Waals surface area contributed by atoms with Crippen molar-refractivity contribution in [2.75, 3.05) is 6.26 Å². The maximum atomic E-state index is 12.9. The molecule has 0 radical (unpaired) electrons. The van der Waals surface area contributed by atoms with Crippen molar-refractivity contribution in [1.29, 1.82) is 0 Å². The monoisotopic (exact) mass is 371 g/mol. The second kappa shape index (κ2) is 7.00. The molecule has 0 unspecified atom stereocenters. The van der Waals surface area contributed by atoms with Gasteiger partial charge in [-0.25, -0.2) is 25.9 Å². The quantitative estimate of drug-likeness (QED) is 0.846. The molecule has 2 aromatic carbocycles. The molecule has 5 nitrogen and oxygen atoms in total. The van der Waals surface area contributed by atoms with Gasteiger partial charge in [0, 0.05) is 12.3 Å². The average molecular weight is 371 g/mol. The Morgan fingerprint density at radius 2 is 1.50 bits per heavy atom. The van der Waals surface area contributed by atoms with Gasteiger partial charge in [0.05, 0.1) is 10.6 Å². The molecular formula is C16H18FNO4S2. The van der Waals surface area contributed by atoms with E-state index in [-0.39, 0.29) is 10.6 Å². The highest BCUT2D eigenvalue weighted by Crippen LogP contribution is 2.18. The van der Waals surface area contributed by atoms with E-state index in [1.165, 1.54) is 36.4 Å². The lowest BCUT2D eigenvalue weighted by atomic mass is 10.1. The predicted molar refractivity (Wildman–Crippen MR) is 90.1 cm³/mol. The van der Waals surface area contributed by atoms with E-state index in [2.05, 4.69) is 4.72 Å². The Morgan fingerprint density at radius 3 is 2.00 bits per heavy atom. The molecule has 0 aromatic heterocycles. The summed E-state index contributed by atoms with van der Waals surface area (Å²) in [6.07, 6.45) is 1.11. The first-order valence-corrected chi connectivity index (χ1v) is 10.7. The highest BCUT2D eigenvalue weighted by molar-refractivity contribution is 7.90. The minimum Gasteiger partial charge on any atom is -0.224 e. The Bertz CT molecular complexity index is 906. The summed E-state index contributed by atoms with van der Waals surface area (Å²) in [5.74, 6) is -0.692. The highest BCUT2D eigenvalue weighted by Gasteiger charge is 2.17. The van der Waals surface area contributed by atoms with Crippen LogP contribution in [0.4, 0.5) is 4.39 Å². The van der Waals surface area contributed by atoms with Crippen LogP contribution in [-0.4, -0.2) is 23.1 Å². The summed E-state index contributed by atoms with van der Waals surface area (Å²) in [6, 6.07) is 10.7. The van der Waals surface area contributed by atoms with Crippen molar-refractivity contribution in [2.45, 2.75) is 23.6 Å². The van der Waals surface area contributed by atoms with Crippen LogP contribution in [0.3, 0.4) is 0 Å². The van der Waals surface area contributed by atoms with Crippen LogP contribution in [0.15, 0.2) is 53.4 Å². The van der Waals surface area contributed by atoms with Crippen molar-refractivity contribution in [1.82, 2.24) is 4.72 Å². The Balaban J connectivity index is 2.10. The minimum atomic E-state index is -3.62. The van der Waals surface area contributed by atoms with Gasteiger partial charge in [-0.05, 0) is 42.3 Å². The second-order valence-corrected chi connectivity index (χ2v) is 9.34. The number of rotatable bonds is 6. The van der Waals surface area contributed by atoms with E-state index in [9.17, 15) is 21.2 Å². The van der Waals surface area contributed by atoms with E-state index < -0.39 is 31.7 Å². The highest BCUT2D eigenvalue weighted by atomic mass is 32.2. The van der Waals surface area contributed by atoms with Gasteiger partial charge in [-0.1, -0.05) is 24.3 Å². The van der Waals surface area contributed by atoms with Crippen LogP contribution in [0.5, 0.6) is 0 Å². The number of sulfonamides is 1. The van der Waals surface area contributed by atoms with Crippen LogP contribution < -0.4 is 4.72 Å². The molecule has 0 aliphatic rings. The summed E-state index contributed by atoms with van der Waals surface area (Å²) >= 11 is 0. The van der Waals surface area contributed by atoms with E-state index in [1.807, 2.05) is 0 Å². The van der Waals surface area contributed by atoms with Gasteiger partial charge in [-0.2, -0.15) is 0 Å². The van der Waals surface area contributed by atoms with Crippen LogP contribution in [0.25, 0.3) is 0 Å². The molecule has 24 heavy (non-hydrogen) atoms. The van der Waals surface area contributed by atoms with Crippen molar-refractivity contribution in [2.24, 2.45) is 0 Å². The molecule has 0 spiro atoms. The summed E-state index contributed by atoms with van der Waals surface area (Å²) in [4.78, 5) is 0.174. The lowest BCUT2D eigenvalue weighted by Crippen LogP contribution is -2.28. The van der Waals surface area contributed by atoms with E-state index in [4.69, 9.17) is 0 Å². The number of hydrogen-bond donors (Lipinski definition) is 1. The summed E-state index contributed by atoms with van der Waals surface area (Å²) in [5, 5.41) is 0. The van der Waals surface area contributed by atoms with Gasteiger partial charge in [0.2, 0.25) is 10.0 Å². The van der Waals surface area contributed by atoms with Crippen LogP contribution in [0, 0.1) is 5.82 Å². The molecule has 1 N–H and O–H groups in total. The summed E-state index contributed by atoms with van der Waals surface area (Å²) in [7, 11) is -6.92. The molecule has 0 saturated carbocycles. The second-order valence-electron chi connectivity index (χ2n) is 5.57. The Labute approximate surface area is 141 Å². The molecule has 0 heterocycles. The molecule has 2 rings (SSSR count). The number of halogens is 1. The zero-order chi connectivity index (χ0) is 18.0. The standard InChI is InChI=1S/C16H18FNO4S2/c1-12(14-5-9-16(10-6-14)23(2,19)20)18-24(21,22)11-13-3-7-15(17)8-4-13/h3-10,12,18H,11H2,1-2H3/t12-/m1/s1. The summed E-state index contributed by atoms with van der Waals surface area (Å²) in [6.45, 7) is 1.66. The molecule has 1 atom stereocenters. The number of hydrogen-bond acceptors (Lipinski definition) is 4. The van der Waals surface area contributed by atoms with Crippen molar-refractivity contribution < 1.29 is 21.2 Å². The van der Waals surface area contributed by atoms with Gasteiger partial charge in [-0.3, -0.25) is 0 Å². The van der Waals surface area contributed by atoms with Crippen LogP contribution in [-0.2, 0) is 25.6 Å². The van der Waals surface area contributed by atoms with E-state index in [0.29, 0.717) is 11.1 Å². The van der Waals surface area contributed by atoms with Crippen molar-refractivity contribution in [3.05, 3.63) is 65.5 Å². The average Bonchev–Trinajstić information content (AvgIpc) is 2.48. The molecule has 0 saturated heterocycles. The molecule has 0 amide bonds. The largest absolute Gasteiger partial charge is 0.224 e. The number of benzene rings is 2. The third-order valence-electron chi connectivity index (χ3n) is 3.43. The van der Waals surface area contributed by atoms with Crippen LogP contribution in [0.2, 0.25) is 0 Å². The molecule has 0 aliphatic heterocycles. The molecule has 0 aliphatic carbocycles. The first-order chi connectivity index (χ1) is 11.1. The summed E-state index contributed by atoms with van der Waals surface area (Å²) < 4.78 is 62.6. The number of sulfone groups is 1. The normalized spacial score (nSPS) is 13.6. The van der Waals surface area contributed by atoms with Crippen molar-refractivity contribution in [3.63, 3.8) is 0 Å². The molecule has 0 bridgehead atoms. The predicted octanol–water partition coefficient (Wildman–Crippen LogP) is 2.41. The zero-order valence-corrected chi connectivity index (χ0v) is 14.9. The van der Waals surface area contributed by atoms with Gasteiger partial charge in [0.15, 0.2) is 9.84 Å². The fourth-order valence-corrected chi connectivity index (χ4v) is 4.20. The third kappa shape index (κ3) is 5.12. The molecule has 130 valence electrons. The van der Waals surface area contributed by atoms with Crippen molar-refractivity contribution >= 4 is 19.9 Å². The molecular weight excluding hydrogens is 353 g/mol. The van der Waals surface area contributed by atoms with Crippen molar-refractivity contribution in [3.8, 4) is 0 Å². The van der Waals surface area contributed by atoms with E-state index in [1.54, 1.807) is 19.1 Å². The molecule has 0 fully saturated rings. The SMILES string of the molecule is C[C@@H](NS(=O)(=O)Cc1ccc(F)cc1)c1ccc(S(C)(=O)=O)cc1. The van der Waals surface area contributed by atoms with Crippen LogP contribution in [0.1, 0.15) is 24.1 Å². The van der Waals surface area contributed by atoms with Gasteiger partial charge < -0.3 is 0 Å². The summed E-state index contributed by atoms with van der Waals surface area (Å²) in [5.41, 5.74) is 1.12. The topological polar surface area (TPSA) is 80.3 Å². The zero-order valence-electron chi connectivity index (χ0n) is 13.2. The Hall–Kier alpha value is -1.77. The maximum Gasteiger partial charge on any atom is 0.216 e. The van der Waals surface area contributed by atoms with Gasteiger partial charge >= 0.3 is 0 Å². The molecule has 2 aromatic rings. The van der Waals surface area contributed by atoms with E-state index in [0.717, 1.165) is 6.26 Å². The fraction of sp³-hybridized carbons (Fsp3) is 0.250. The first-order valence-electron chi connectivity index (χ1n) is 7.11. The third-order valence-corrected chi connectivity index (χ3v) is 5.99. The fourth-order valence-electron chi connectivity index (χ4n) is 2.18.